The normalized spacial score (nSPS) is 20.2. The lowest BCUT2D eigenvalue weighted by Gasteiger charge is -2.21. The summed E-state index contributed by atoms with van der Waals surface area (Å²) in [5.41, 5.74) is 2.11. The zero-order chi connectivity index (χ0) is 20.4. The van der Waals surface area contributed by atoms with Gasteiger partial charge < -0.3 is 9.63 Å². The lowest BCUT2D eigenvalue weighted by atomic mass is 10.1. The third-order valence-electron chi connectivity index (χ3n) is 5.08. The number of β-amino-alcohol motifs (C(OH)–C–C–N with tert-alkyl or cyclic N) is 1. The molecule has 0 amide bonds. The summed E-state index contributed by atoms with van der Waals surface area (Å²) in [6, 6.07) is 16.4. The van der Waals surface area contributed by atoms with E-state index in [2.05, 4.69) is 15.0 Å². The fourth-order valence-electron chi connectivity index (χ4n) is 3.59. The van der Waals surface area contributed by atoms with Crippen LogP contribution in [0.2, 0.25) is 0 Å². The molecule has 2 unspecified atom stereocenters. The Kier molecular flexibility index (Phi) is 5.49. The summed E-state index contributed by atoms with van der Waals surface area (Å²) in [5, 5.41) is 14.0. The Morgan fingerprint density at radius 3 is 2.59 bits per heavy atom. The van der Waals surface area contributed by atoms with Gasteiger partial charge in [0.2, 0.25) is 5.89 Å². The van der Waals surface area contributed by atoms with E-state index in [4.69, 9.17) is 4.52 Å². The van der Waals surface area contributed by atoms with Crippen molar-refractivity contribution < 1.29 is 18.0 Å². The minimum Gasteiger partial charge on any atom is -0.392 e. The molecule has 1 aromatic heterocycles. The number of aliphatic hydroxyl groups excluding tert-OH is 1. The summed E-state index contributed by atoms with van der Waals surface area (Å²) in [5.74, 6) is 0.140. The molecule has 7 nitrogen and oxygen atoms in total. The van der Waals surface area contributed by atoms with E-state index in [0.29, 0.717) is 25.4 Å². The van der Waals surface area contributed by atoms with E-state index >= 15 is 0 Å². The number of hydrogen-bond acceptors (Lipinski definition) is 7. The monoisotopic (exact) mass is 413 g/mol. The average molecular weight is 413 g/mol. The number of aryl methyl sites for hydroxylation is 1. The minimum atomic E-state index is -3.56. The van der Waals surface area contributed by atoms with Gasteiger partial charge in [-0.25, -0.2) is 8.42 Å². The topological polar surface area (TPSA) is 96.5 Å². The molecule has 1 saturated heterocycles. The van der Waals surface area contributed by atoms with Gasteiger partial charge in [0.1, 0.15) is 5.75 Å². The van der Waals surface area contributed by atoms with Crippen LogP contribution in [0.4, 0.5) is 0 Å². The van der Waals surface area contributed by atoms with Gasteiger partial charge in [-0.3, -0.25) is 4.90 Å². The molecule has 8 heteroatoms. The molecular weight excluding hydrogens is 390 g/mol. The SMILES string of the molecule is Cc1ccc(S(=O)(=O)Cc2noc(C3CC(O)CN3Cc3ccccc3)n2)cc1. The predicted octanol–water partition coefficient (Wildman–Crippen LogP) is 2.66. The number of nitrogens with zero attached hydrogens (tertiary/aromatic N) is 3. The molecule has 3 aromatic rings. The number of rotatable bonds is 6. The van der Waals surface area contributed by atoms with Crippen molar-refractivity contribution in [2.24, 2.45) is 0 Å². The Labute approximate surface area is 169 Å². The first-order valence-electron chi connectivity index (χ1n) is 9.49. The van der Waals surface area contributed by atoms with Gasteiger partial charge in [0.15, 0.2) is 15.7 Å². The molecule has 0 saturated carbocycles. The smallest absolute Gasteiger partial charge is 0.244 e. The van der Waals surface area contributed by atoms with E-state index in [-0.39, 0.29) is 22.5 Å². The fraction of sp³-hybridized carbons (Fsp3) is 0.333. The van der Waals surface area contributed by atoms with Gasteiger partial charge in [0, 0.05) is 13.1 Å². The quantitative estimate of drug-likeness (QED) is 0.663. The number of likely N-dealkylation sites (tertiary alicyclic amines) is 1. The van der Waals surface area contributed by atoms with Crippen LogP contribution in [0, 0.1) is 6.92 Å². The minimum absolute atomic E-state index is 0.127. The fourth-order valence-corrected chi connectivity index (χ4v) is 4.76. The van der Waals surface area contributed by atoms with E-state index in [1.54, 1.807) is 24.3 Å². The van der Waals surface area contributed by atoms with Crippen LogP contribution >= 0.6 is 0 Å². The van der Waals surface area contributed by atoms with E-state index in [0.717, 1.165) is 11.1 Å². The first-order valence-corrected chi connectivity index (χ1v) is 11.1. The van der Waals surface area contributed by atoms with Crippen molar-refractivity contribution in [3.63, 3.8) is 0 Å². The molecule has 4 rings (SSSR count). The van der Waals surface area contributed by atoms with E-state index in [1.165, 1.54) is 0 Å². The highest BCUT2D eigenvalue weighted by atomic mass is 32.2. The molecule has 0 aliphatic carbocycles. The molecule has 1 N–H and O–H groups in total. The van der Waals surface area contributed by atoms with Crippen molar-refractivity contribution in [3.8, 4) is 0 Å². The highest BCUT2D eigenvalue weighted by Gasteiger charge is 2.36. The Morgan fingerprint density at radius 1 is 1.14 bits per heavy atom. The molecule has 0 bridgehead atoms. The van der Waals surface area contributed by atoms with E-state index < -0.39 is 15.9 Å². The second-order valence-corrected chi connectivity index (χ2v) is 9.43. The van der Waals surface area contributed by atoms with Crippen molar-refractivity contribution in [3.05, 3.63) is 77.4 Å². The maximum atomic E-state index is 12.6. The molecule has 29 heavy (non-hydrogen) atoms. The molecule has 2 aromatic carbocycles. The average Bonchev–Trinajstić information content (AvgIpc) is 3.28. The largest absolute Gasteiger partial charge is 0.392 e. The number of aliphatic hydroxyl groups is 1. The summed E-state index contributed by atoms with van der Waals surface area (Å²) in [7, 11) is -3.56. The van der Waals surface area contributed by atoms with E-state index in [1.807, 2.05) is 37.3 Å². The molecule has 152 valence electrons. The van der Waals surface area contributed by atoms with Gasteiger partial charge in [-0.1, -0.05) is 53.2 Å². The Bertz CT molecular complexity index is 1060. The van der Waals surface area contributed by atoms with Crippen LogP contribution in [-0.4, -0.2) is 41.2 Å². The predicted molar refractivity (Wildman–Crippen MR) is 107 cm³/mol. The highest BCUT2D eigenvalue weighted by molar-refractivity contribution is 7.90. The molecule has 2 atom stereocenters. The van der Waals surface area contributed by atoms with Crippen LogP contribution in [0.15, 0.2) is 64.0 Å². The maximum Gasteiger partial charge on any atom is 0.244 e. The van der Waals surface area contributed by atoms with Gasteiger partial charge in [-0.05, 0) is 31.0 Å². The molecule has 1 aliphatic heterocycles. The standard InChI is InChI=1S/C21H23N3O4S/c1-15-7-9-18(10-8-15)29(26,27)14-20-22-21(28-23-20)19-11-17(25)13-24(19)12-16-5-3-2-4-6-16/h2-10,17,19,25H,11-14H2,1H3. The van der Waals surface area contributed by atoms with Crippen LogP contribution in [0.1, 0.15) is 35.3 Å². The molecule has 2 heterocycles. The summed E-state index contributed by atoms with van der Waals surface area (Å²) >= 11 is 0. The van der Waals surface area contributed by atoms with Crippen molar-refractivity contribution in [2.75, 3.05) is 6.54 Å². The van der Waals surface area contributed by atoms with Crippen molar-refractivity contribution in [1.82, 2.24) is 15.0 Å². The summed E-state index contributed by atoms with van der Waals surface area (Å²) in [6.07, 6.45) is -0.0190. The highest BCUT2D eigenvalue weighted by Crippen LogP contribution is 2.32. The number of benzene rings is 2. The molecule has 0 radical (unpaired) electrons. The maximum absolute atomic E-state index is 12.6. The third kappa shape index (κ3) is 4.55. The first-order chi connectivity index (χ1) is 13.9. The number of aromatic nitrogens is 2. The Morgan fingerprint density at radius 2 is 1.86 bits per heavy atom. The van der Waals surface area contributed by atoms with Crippen LogP contribution in [-0.2, 0) is 22.1 Å². The zero-order valence-electron chi connectivity index (χ0n) is 16.1. The lowest BCUT2D eigenvalue weighted by molar-refractivity contribution is 0.169. The van der Waals surface area contributed by atoms with Crippen LogP contribution in [0.5, 0.6) is 0 Å². The second kappa shape index (κ2) is 8.06. The first kappa shape index (κ1) is 19.8. The van der Waals surface area contributed by atoms with Gasteiger partial charge in [0.05, 0.1) is 17.0 Å². The molecule has 1 aliphatic rings. The van der Waals surface area contributed by atoms with Gasteiger partial charge in [-0.15, -0.1) is 0 Å². The van der Waals surface area contributed by atoms with Crippen LogP contribution in [0.25, 0.3) is 0 Å². The van der Waals surface area contributed by atoms with Crippen molar-refractivity contribution >= 4 is 9.84 Å². The summed E-state index contributed by atoms with van der Waals surface area (Å²) < 4.78 is 30.6. The zero-order valence-corrected chi connectivity index (χ0v) is 16.9. The van der Waals surface area contributed by atoms with Gasteiger partial charge >= 0.3 is 0 Å². The third-order valence-corrected chi connectivity index (χ3v) is 6.71. The lowest BCUT2D eigenvalue weighted by Crippen LogP contribution is -2.24. The van der Waals surface area contributed by atoms with Gasteiger partial charge in [-0.2, -0.15) is 4.98 Å². The molecular formula is C21H23N3O4S. The van der Waals surface area contributed by atoms with Crippen LogP contribution in [0.3, 0.4) is 0 Å². The van der Waals surface area contributed by atoms with Crippen LogP contribution < -0.4 is 0 Å². The van der Waals surface area contributed by atoms with Gasteiger partial charge in [0.25, 0.3) is 0 Å². The van der Waals surface area contributed by atoms with Crippen molar-refractivity contribution in [2.45, 2.75) is 42.7 Å². The number of hydrogen-bond donors (Lipinski definition) is 1. The second-order valence-electron chi connectivity index (χ2n) is 7.44. The summed E-state index contributed by atoms with van der Waals surface area (Å²) in [4.78, 5) is 6.65. The van der Waals surface area contributed by atoms with Crippen molar-refractivity contribution in [1.29, 1.82) is 0 Å². The molecule has 1 fully saturated rings. The summed E-state index contributed by atoms with van der Waals surface area (Å²) in [6.45, 7) is 3.04. The Balaban J connectivity index is 1.51. The molecule has 0 spiro atoms. The number of sulfone groups is 1. The van der Waals surface area contributed by atoms with E-state index in [9.17, 15) is 13.5 Å². The Hall–Kier alpha value is -2.55.